The number of nitrogens with one attached hydrogen (secondary N) is 1. The van der Waals surface area contributed by atoms with Crippen molar-refractivity contribution in [2.75, 3.05) is 24.5 Å². The normalized spacial score (nSPS) is 18.4. The fourth-order valence-corrected chi connectivity index (χ4v) is 3.77. The fourth-order valence-electron chi connectivity index (χ4n) is 3.77. The minimum Gasteiger partial charge on any atom is -0.360 e. The third-order valence-electron chi connectivity index (χ3n) is 5.23. The minimum absolute atomic E-state index is 0.158. The van der Waals surface area contributed by atoms with Crippen molar-refractivity contribution in [3.8, 4) is 11.8 Å². The lowest BCUT2D eigenvalue weighted by atomic mass is 10.0. The van der Waals surface area contributed by atoms with E-state index in [9.17, 15) is 14.4 Å². The van der Waals surface area contributed by atoms with E-state index in [0.717, 1.165) is 30.6 Å². The molecule has 0 radical (unpaired) electrons. The number of anilines is 1. The number of nitrogens with zero attached hydrogens (tertiary/aromatic N) is 2. The van der Waals surface area contributed by atoms with Gasteiger partial charge >= 0.3 is 0 Å². The highest BCUT2D eigenvalue weighted by molar-refractivity contribution is 6.06. The van der Waals surface area contributed by atoms with E-state index in [-0.39, 0.29) is 18.2 Å². The molecule has 2 aliphatic rings. The van der Waals surface area contributed by atoms with Crippen LogP contribution in [-0.2, 0) is 16.1 Å². The molecule has 1 atom stereocenters. The molecule has 1 aromatic carbocycles. The van der Waals surface area contributed by atoms with Gasteiger partial charge in [-0.1, -0.05) is 12.0 Å². The first-order valence-electron chi connectivity index (χ1n) is 9.68. The molecule has 7 heteroatoms. The quantitative estimate of drug-likeness (QED) is 0.417. The molecular formula is C21H26N4O3. The van der Waals surface area contributed by atoms with Crippen LogP contribution in [0.3, 0.4) is 0 Å². The van der Waals surface area contributed by atoms with Crippen LogP contribution in [0.1, 0.15) is 48.5 Å². The summed E-state index contributed by atoms with van der Waals surface area (Å²) < 4.78 is 0. The molecule has 0 bridgehead atoms. The van der Waals surface area contributed by atoms with Gasteiger partial charge in [0.25, 0.3) is 5.91 Å². The minimum atomic E-state index is -0.605. The maximum absolute atomic E-state index is 13.0. The van der Waals surface area contributed by atoms with Gasteiger partial charge in [-0.05, 0) is 44.9 Å². The van der Waals surface area contributed by atoms with E-state index in [0.29, 0.717) is 31.6 Å². The first kappa shape index (κ1) is 19.9. The van der Waals surface area contributed by atoms with Crippen molar-refractivity contribution in [1.82, 2.24) is 10.2 Å². The van der Waals surface area contributed by atoms with E-state index in [1.165, 1.54) is 0 Å². The van der Waals surface area contributed by atoms with Crippen molar-refractivity contribution in [3.63, 3.8) is 0 Å². The van der Waals surface area contributed by atoms with Crippen LogP contribution in [0.4, 0.5) is 5.69 Å². The number of rotatable bonds is 7. The summed E-state index contributed by atoms with van der Waals surface area (Å²) in [5.41, 5.74) is 8.14. The highest BCUT2D eigenvalue weighted by atomic mass is 16.2. The lowest BCUT2D eigenvalue weighted by Gasteiger charge is -2.29. The van der Waals surface area contributed by atoms with Crippen LogP contribution in [-0.4, -0.2) is 48.3 Å². The number of imide groups is 1. The van der Waals surface area contributed by atoms with Crippen LogP contribution in [0.25, 0.3) is 0 Å². The maximum atomic E-state index is 13.0. The van der Waals surface area contributed by atoms with Gasteiger partial charge in [0.1, 0.15) is 6.04 Å². The number of hydrogen-bond acceptors (Lipinski definition) is 5. The van der Waals surface area contributed by atoms with Gasteiger partial charge in [0.2, 0.25) is 11.8 Å². The summed E-state index contributed by atoms with van der Waals surface area (Å²) in [5.74, 6) is 5.20. The molecule has 1 fully saturated rings. The molecule has 7 nitrogen and oxygen atoms in total. The molecule has 1 unspecified atom stereocenters. The number of fused-ring (bicyclic) bond motifs is 1. The predicted octanol–water partition coefficient (Wildman–Crippen LogP) is 1.02. The van der Waals surface area contributed by atoms with Crippen LogP contribution in [0.5, 0.6) is 0 Å². The van der Waals surface area contributed by atoms with Gasteiger partial charge in [-0.2, -0.15) is 0 Å². The average molecular weight is 382 g/mol. The van der Waals surface area contributed by atoms with Crippen LogP contribution in [0, 0.1) is 11.8 Å². The van der Waals surface area contributed by atoms with Crippen LogP contribution >= 0.6 is 0 Å². The van der Waals surface area contributed by atoms with Gasteiger partial charge < -0.3 is 15.5 Å². The Labute approximate surface area is 165 Å². The number of carbonyl (C=O) groups excluding carboxylic acids is 3. The second-order valence-corrected chi connectivity index (χ2v) is 7.05. The van der Waals surface area contributed by atoms with E-state index in [4.69, 9.17) is 5.73 Å². The van der Waals surface area contributed by atoms with Gasteiger partial charge in [-0.3, -0.25) is 19.7 Å². The Morgan fingerprint density at radius 1 is 1.29 bits per heavy atom. The molecule has 3 N–H and O–H groups in total. The molecule has 0 aromatic heterocycles. The lowest BCUT2D eigenvalue weighted by Crippen LogP contribution is -2.52. The Morgan fingerprint density at radius 3 is 2.82 bits per heavy atom. The summed E-state index contributed by atoms with van der Waals surface area (Å²) in [4.78, 5) is 40.4. The molecule has 0 spiro atoms. The Bertz CT molecular complexity index is 840. The molecule has 2 heterocycles. The SMILES string of the molecule is CC#CCN(CCCCN)c1cccc2c1CN(C1CCC(=O)NC1=O)C2=O. The number of unbranched alkanes of at least 4 members (excludes halogenated alkanes) is 1. The Morgan fingerprint density at radius 2 is 2.11 bits per heavy atom. The topological polar surface area (TPSA) is 95.7 Å². The highest BCUT2D eigenvalue weighted by Crippen LogP contribution is 2.34. The standard InChI is InChI=1S/C21H26N4O3/c1-2-3-12-24(13-5-4-11-22)17-8-6-7-15-16(17)14-25(21(15)28)18-9-10-19(26)23-20(18)27/h6-8,18H,4-5,9-14,22H2,1H3,(H,23,26,27). The summed E-state index contributed by atoms with van der Waals surface area (Å²) in [6.07, 6.45) is 2.48. The number of hydrogen-bond donors (Lipinski definition) is 2. The number of carbonyl (C=O) groups is 3. The summed E-state index contributed by atoms with van der Waals surface area (Å²) in [7, 11) is 0. The summed E-state index contributed by atoms with van der Waals surface area (Å²) in [6, 6.07) is 5.07. The van der Waals surface area contributed by atoms with Gasteiger partial charge in [-0.25, -0.2) is 0 Å². The van der Waals surface area contributed by atoms with E-state index in [1.54, 1.807) is 11.0 Å². The molecule has 0 aliphatic carbocycles. The number of nitrogens with two attached hydrogens (primary N) is 1. The Hall–Kier alpha value is -2.85. The molecular weight excluding hydrogens is 356 g/mol. The van der Waals surface area contributed by atoms with Crippen molar-refractivity contribution in [3.05, 3.63) is 29.3 Å². The van der Waals surface area contributed by atoms with Crippen LogP contribution < -0.4 is 16.0 Å². The summed E-state index contributed by atoms with van der Waals surface area (Å²) in [6.45, 7) is 4.19. The Balaban J connectivity index is 1.86. The predicted molar refractivity (Wildman–Crippen MR) is 106 cm³/mol. The lowest BCUT2D eigenvalue weighted by molar-refractivity contribution is -0.136. The van der Waals surface area contributed by atoms with E-state index >= 15 is 0 Å². The number of benzene rings is 1. The van der Waals surface area contributed by atoms with E-state index in [1.807, 2.05) is 19.1 Å². The van der Waals surface area contributed by atoms with E-state index in [2.05, 4.69) is 22.1 Å². The first-order valence-corrected chi connectivity index (χ1v) is 9.68. The van der Waals surface area contributed by atoms with Gasteiger partial charge in [-0.15, -0.1) is 5.92 Å². The van der Waals surface area contributed by atoms with E-state index < -0.39 is 11.9 Å². The van der Waals surface area contributed by atoms with Gasteiger partial charge in [0, 0.05) is 36.3 Å². The third kappa shape index (κ3) is 4.02. The zero-order valence-corrected chi connectivity index (χ0v) is 16.2. The van der Waals surface area contributed by atoms with Crippen molar-refractivity contribution in [1.29, 1.82) is 0 Å². The number of piperidine rings is 1. The smallest absolute Gasteiger partial charge is 0.255 e. The third-order valence-corrected chi connectivity index (χ3v) is 5.23. The highest BCUT2D eigenvalue weighted by Gasteiger charge is 2.40. The van der Waals surface area contributed by atoms with Crippen molar-refractivity contribution in [2.24, 2.45) is 5.73 Å². The largest absolute Gasteiger partial charge is 0.360 e. The zero-order valence-electron chi connectivity index (χ0n) is 16.2. The fraction of sp³-hybridized carbons (Fsp3) is 0.476. The van der Waals surface area contributed by atoms with Gasteiger partial charge in [0.05, 0.1) is 6.54 Å². The second kappa shape index (κ2) is 8.89. The monoisotopic (exact) mass is 382 g/mol. The molecule has 0 saturated carbocycles. The first-order chi connectivity index (χ1) is 13.6. The second-order valence-electron chi connectivity index (χ2n) is 7.05. The molecule has 28 heavy (non-hydrogen) atoms. The zero-order chi connectivity index (χ0) is 20.1. The molecule has 1 aromatic rings. The van der Waals surface area contributed by atoms with Crippen molar-refractivity contribution in [2.45, 2.75) is 45.2 Å². The summed E-state index contributed by atoms with van der Waals surface area (Å²) >= 11 is 0. The summed E-state index contributed by atoms with van der Waals surface area (Å²) in [5, 5.41) is 2.34. The Kier molecular flexibility index (Phi) is 6.32. The van der Waals surface area contributed by atoms with Crippen molar-refractivity contribution < 1.29 is 14.4 Å². The van der Waals surface area contributed by atoms with Crippen molar-refractivity contribution >= 4 is 23.4 Å². The van der Waals surface area contributed by atoms with Crippen LogP contribution in [0.2, 0.25) is 0 Å². The average Bonchev–Trinajstić information content (AvgIpc) is 3.01. The molecule has 148 valence electrons. The molecule has 2 aliphatic heterocycles. The molecule has 1 saturated heterocycles. The molecule has 3 amide bonds. The van der Waals surface area contributed by atoms with Crippen LogP contribution in [0.15, 0.2) is 18.2 Å². The van der Waals surface area contributed by atoms with Gasteiger partial charge in [0.15, 0.2) is 0 Å². The maximum Gasteiger partial charge on any atom is 0.255 e. The molecule has 3 rings (SSSR count). The number of amides is 3.